The van der Waals surface area contributed by atoms with Crippen molar-refractivity contribution in [2.45, 2.75) is 26.9 Å². The van der Waals surface area contributed by atoms with Crippen molar-refractivity contribution in [3.05, 3.63) is 27.7 Å². The molecule has 0 amide bonds. The second-order valence-corrected chi connectivity index (χ2v) is 4.61. The third-order valence-electron chi connectivity index (χ3n) is 1.90. The van der Waals surface area contributed by atoms with E-state index in [4.69, 9.17) is 0 Å². The first-order valence-electron chi connectivity index (χ1n) is 4.74. The van der Waals surface area contributed by atoms with Crippen molar-refractivity contribution in [3.8, 4) is 0 Å². The predicted octanol–water partition coefficient (Wildman–Crippen LogP) is 1.17. The van der Waals surface area contributed by atoms with E-state index in [9.17, 15) is 0 Å². The fourth-order valence-electron chi connectivity index (χ4n) is 1.25. The van der Waals surface area contributed by atoms with Gasteiger partial charge in [0.05, 0.1) is 11.6 Å². The van der Waals surface area contributed by atoms with Crippen molar-refractivity contribution in [3.63, 3.8) is 0 Å². The Labute approximate surface area is 92.0 Å². The Hall–Kier alpha value is -1.27. The maximum Gasteiger partial charge on any atom is 0.164 e. The lowest BCUT2D eigenvalue weighted by Crippen LogP contribution is -2.12. The lowest BCUT2D eigenvalue weighted by Gasteiger charge is -1.97. The van der Waals surface area contributed by atoms with Crippen molar-refractivity contribution in [1.29, 1.82) is 0 Å². The van der Waals surface area contributed by atoms with Gasteiger partial charge in [0.15, 0.2) is 5.82 Å². The van der Waals surface area contributed by atoms with Crippen molar-refractivity contribution in [2.24, 2.45) is 0 Å². The van der Waals surface area contributed by atoms with E-state index in [1.165, 1.54) is 4.88 Å². The molecule has 6 heteroatoms. The van der Waals surface area contributed by atoms with Crippen molar-refractivity contribution >= 4 is 11.3 Å². The molecule has 0 unspecified atom stereocenters. The van der Waals surface area contributed by atoms with Crippen molar-refractivity contribution in [2.75, 3.05) is 0 Å². The second-order valence-electron chi connectivity index (χ2n) is 3.29. The first-order valence-corrected chi connectivity index (χ1v) is 5.55. The highest BCUT2D eigenvalue weighted by Gasteiger charge is 2.00. The van der Waals surface area contributed by atoms with Gasteiger partial charge in [-0.25, -0.2) is 9.97 Å². The molecule has 0 radical (unpaired) electrons. The highest BCUT2D eigenvalue weighted by Crippen LogP contribution is 2.10. The third-order valence-corrected chi connectivity index (χ3v) is 2.81. The van der Waals surface area contributed by atoms with Gasteiger partial charge >= 0.3 is 0 Å². The van der Waals surface area contributed by atoms with Gasteiger partial charge in [-0.2, -0.15) is 5.10 Å². The molecule has 0 aromatic carbocycles. The van der Waals surface area contributed by atoms with Crippen LogP contribution in [-0.4, -0.2) is 20.2 Å². The van der Waals surface area contributed by atoms with E-state index >= 15 is 0 Å². The Kier molecular flexibility index (Phi) is 3.08. The number of thiazole rings is 1. The van der Waals surface area contributed by atoms with Gasteiger partial charge in [0.2, 0.25) is 0 Å². The molecule has 0 bridgehead atoms. The van der Waals surface area contributed by atoms with Crippen LogP contribution in [0.1, 0.15) is 21.5 Å². The Bertz CT molecular complexity index is 393. The molecule has 2 rings (SSSR count). The number of aromatic nitrogens is 4. The summed E-state index contributed by atoms with van der Waals surface area (Å²) in [5.41, 5.74) is 0. The molecular weight excluding hydrogens is 210 g/mol. The summed E-state index contributed by atoms with van der Waals surface area (Å²) in [7, 11) is 0. The normalized spacial score (nSPS) is 10.8. The summed E-state index contributed by atoms with van der Waals surface area (Å²) in [6.45, 7) is 5.40. The quantitative estimate of drug-likeness (QED) is 0.816. The standard InChI is InChI=1S/C9H13N5S/c1-6-12-9(14-13-6)5-10-3-8-4-11-7(2)15-8/h4,10H,3,5H2,1-2H3,(H,12,13,14). The molecule has 2 aromatic heterocycles. The molecule has 0 aliphatic rings. The van der Waals surface area contributed by atoms with Gasteiger partial charge in [-0.3, -0.25) is 5.10 Å². The lowest BCUT2D eigenvalue weighted by atomic mass is 10.5. The van der Waals surface area contributed by atoms with Crippen LogP contribution in [0.15, 0.2) is 6.20 Å². The first kappa shape index (κ1) is 10.3. The number of H-pyrrole nitrogens is 1. The molecular formula is C9H13N5S. The minimum atomic E-state index is 0.682. The van der Waals surface area contributed by atoms with Gasteiger partial charge < -0.3 is 5.32 Å². The summed E-state index contributed by atoms with van der Waals surface area (Å²) in [5.74, 6) is 1.65. The monoisotopic (exact) mass is 223 g/mol. The molecule has 80 valence electrons. The number of aromatic amines is 1. The number of nitrogens with zero attached hydrogens (tertiary/aromatic N) is 3. The maximum absolute atomic E-state index is 4.21. The summed E-state index contributed by atoms with van der Waals surface area (Å²) in [6, 6.07) is 0. The van der Waals surface area contributed by atoms with Crippen molar-refractivity contribution < 1.29 is 0 Å². The van der Waals surface area contributed by atoms with Gasteiger partial charge in [-0.15, -0.1) is 11.3 Å². The molecule has 5 nitrogen and oxygen atoms in total. The van der Waals surface area contributed by atoms with Gasteiger partial charge in [0.25, 0.3) is 0 Å². The highest BCUT2D eigenvalue weighted by atomic mass is 32.1. The zero-order chi connectivity index (χ0) is 10.7. The van der Waals surface area contributed by atoms with E-state index in [-0.39, 0.29) is 0 Å². The SMILES string of the molecule is Cc1nc(CNCc2cnc(C)s2)n[nH]1. The summed E-state index contributed by atoms with van der Waals surface area (Å²) in [6.07, 6.45) is 1.90. The average Bonchev–Trinajstić information content (AvgIpc) is 2.76. The maximum atomic E-state index is 4.21. The van der Waals surface area contributed by atoms with Crippen LogP contribution < -0.4 is 5.32 Å². The average molecular weight is 223 g/mol. The van der Waals surface area contributed by atoms with E-state index in [1.54, 1.807) is 11.3 Å². The molecule has 2 N–H and O–H groups in total. The molecule has 2 heterocycles. The number of aryl methyl sites for hydroxylation is 2. The van der Waals surface area contributed by atoms with E-state index < -0.39 is 0 Å². The highest BCUT2D eigenvalue weighted by molar-refractivity contribution is 7.11. The Morgan fingerprint density at radius 1 is 1.40 bits per heavy atom. The molecule has 15 heavy (non-hydrogen) atoms. The molecule has 0 saturated heterocycles. The molecule has 0 atom stereocenters. The van der Waals surface area contributed by atoms with Crippen LogP contribution >= 0.6 is 11.3 Å². The number of hydrogen-bond acceptors (Lipinski definition) is 5. The summed E-state index contributed by atoms with van der Waals surface area (Å²) >= 11 is 1.71. The second kappa shape index (κ2) is 4.50. The van der Waals surface area contributed by atoms with E-state index in [2.05, 4.69) is 25.5 Å². The van der Waals surface area contributed by atoms with Crippen LogP contribution in [0.5, 0.6) is 0 Å². The van der Waals surface area contributed by atoms with Crippen LogP contribution in [-0.2, 0) is 13.1 Å². The third kappa shape index (κ3) is 2.84. The zero-order valence-corrected chi connectivity index (χ0v) is 9.56. The number of rotatable bonds is 4. The molecule has 0 aliphatic carbocycles. The molecule has 2 aromatic rings. The van der Waals surface area contributed by atoms with Gasteiger partial charge in [-0.05, 0) is 13.8 Å². The lowest BCUT2D eigenvalue weighted by molar-refractivity contribution is 0.670. The summed E-state index contributed by atoms with van der Waals surface area (Å²) in [4.78, 5) is 9.63. The first-order chi connectivity index (χ1) is 7.24. The van der Waals surface area contributed by atoms with Crippen LogP contribution in [0.3, 0.4) is 0 Å². The molecule has 0 spiro atoms. The molecule has 0 aliphatic heterocycles. The Morgan fingerprint density at radius 2 is 2.27 bits per heavy atom. The Balaban J connectivity index is 1.80. The topological polar surface area (TPSA) is 66.5 Å². The Morgan fingerprint density at radius 3 is 2.87 bits per heavy atom. The fraction of sp³-hybridized carbons (Fsp3) is 0.444. The summed E-state index contributed by atoms with van der Waals surface area (Å²) < 4.78 is 0. The van der Waals surface area contributed by atoms with E-state index in [0.717, 1.165) is 23.2 Å². The van der Waals surface area contributed by atoms with E-state index in [0.29, 0.717) is 6.54 Å². The minimum Gasteiger partial charge on any atom is -0.305 e. The van der Waals surface area contributed by atoms with Gasteiger partial charge in [-0.1, -0.05) is 0 Å². The molecule has 0 fully saturated rings. The van der Waals surface area contributed by atoms with Crippen LogP contribution in [0.2, 0.25) is 0 Å². The number of hydrogen-bond donors (Lipinski definition) is 2. The fourth-order valence-corrected chi connectivity index (χ4v) is 2.02. The van der Waals surface area contributed by atoms with E-state index in [1.807, 2.05) is 20.0 Å². The summed E-state index contributed by atoms with van der Waals surface area (Å²) in [5, 5.41) is 11.2. The van der Waals surface area contributed by atoms with Crippen LogP contribution in [0.25, 0.3) is 0 Å². The number of nitrogens with one attached hydrogen (secondary N) is 2. The van der Waals surface area contributed by atoms with Crippen LogP contribution in [0, 0.1) is 13.8 Å². The predicted molar refractivity (Wildman–Crippen MR) is 58.5 cm³/mol. The largest absolute Gasteiger partial charge is 0.305 e. The zero-order valence-electron chi connectivity index (χ0n) is 8.74. The van der Waals surface area contributed by atoms with Crippen LogP contribution in [0.4, 0.5) is 0 Å². The minimum absolute atomic E-state index is 0.682. The van der Waals surface area contributed by atoms with Crippen molar-refractivity contribution in [1.82, 2.24) is 25.5 Å². The van der Waals surface area contributed by atoms with Gasteiger partial charge in [0.1, 0.15) is 5.82 Å². The van der Waals surface area contributed by atoms with Gasteiger partial charge in [0, 0.05) is 17.6 Å². The molecule has 0 saturated carbocycles. The smallest absolute Gasteiger partial charge is 0.164 e.